The first-order valence-electron chi connectivity index (χ1n) is 2.92. The fourth-order valence-corrected chi connectivity index (χ4v) is 1.27. The van der Waals surface area contributed by atoms with E-state index in [4.69, 9.17) is 4.43 Å². The van der Waals surface area contributed by atoms with Crippen LogP contribution in [0.25, 0.3) is 0 Å². The van der Waals surface area contributed by atoms with Gasteiger partial charge < -0.3 is 9.41 Å². The third-order valence-electron chi connectivity index (χ3n) is 1.65. The Morgan fingerprint density at radius 2 is 2.12 bits per heavy atom. The maximum Gasteiger partial charge on any atom is 0.264 e. The molecule has 8 heavy (non-hydrogen) atoms. The van der Waals surface area contributed by atoms with Crippen molar-refractivity contribution in [2.24, 2.45) is 0 Å². The van der Waals surface area contributed by atoms with E-state index < -0.39 is 8.48 Å². The van der Waals surface area contributed by atoms with Gasteiger partial charge in [-0.1, -0.05) is 6.92 Å². The molecule has 0 aromatic heterocycles. The maximum absolute atomic E-state index is 5.26. The van der Waals surface area contributed by atoms with Crippen molar-refractivity contribution in [3.8, 4) is 0 Å². The molecule has 0 saturated heterocycles. The highest BCUT2D eigenvalue weighted by molar-refractivity contribution is 6.69. The van der Waals surface area contributed by atoms with E-state index in [0.717, 1.165) is 6.04 Å². The molecule has 1 unspecified atom stereocenters. The first kappa shape index (κ1) is 8.14. The second kappa shape index (κ2) is 3.22. The predicted molar refractivity (Wildman–Crippen MR) is 38.2 cm³/mol. The van der Waals surface area contributed by atoms with Gasteiger partial charge in [0, 0.05) is 7.11 Å². The maximum atomic E-state index is 5.26. The molecular formula is C5H15NOSi. The summed E-state index contributed by atoms with van der Waals surface area (Å²) >= 11 is 0. The Labute approximate surface area is 52.4 Å². The number of hydrogen-bond donors (Lipinski definition) is 1. The van der Waals surface area contributed by atoms with Crippen LogP contribution in [0.15, 0.2) is 0 Å². The van der Waals surface area contributed by atoms with Crippen LogP contribution in [-0.4, -0.2) is 22.6 Å². The monoisotopic (exact) mass is 133 g/mol. The largest absolute Gasteiger partial charge is 0.406 e. The molecule has 0 aromatic rings. The molecule has 0 aliphatic heterocycles. The summed E-state index contributed by atoms with van der Waals surface area (Å²) < 4.78 is 5.26. The van der Waals surface area contributed by atoms with Crippen LogP contribution in [0.1, 0.15) is 6.92 Å². The van der Waals surface area contributed by atoms with Crippen LogP contribution in [0.3, 0.4) is 0 Å². The molecule has 0 heterocycles. The summed E-state index contributed by atoms with van der Waals surface area (Å²) in [6.07, 6.45) is 0. The zero-order valence-electron chi connectivity index (χ0n) is 6.12. The second-order valence-electron chi connectivity index (χ2n) is 2.04. The third-order valence-corrected chi connectivity index (χ3v) is 4.96. The molecule has 0 radical (unpaired) electrons. The topological polar surface area (TPSA) is 21.3 Å². The van der Waals surface area contributed by atoms with Gasteiger partial charge in [0.2, 0.25) is 0 Å². The van der Waals surface area contributed by atoms with Crippen LogP contribution in [0.4, 0.5) is 0 Å². The molecule has 3 heteroatoms. The van der Waals surface area contributed by atoms with E-state index in [0.29, 0.717) is 0 Å². The first-order chi connectivity index (χ1) is 3.68. The molecule has 0 saturated carbocycles. The lowest BCUT2D eigenvalue weighted by molar-refractivity contribution is 0.389. The summed E-state index contributed by atoms with van der Waals surface area (Å²) in [5, 5.41) is 0. The molecule has 0 fully saturated rings. The molecule has 0 amide bonds. The Balaban J connectivity index is 3.58. The summed E-state index contributed by atoms with van der Waals surface area (Å²) in [4.78, 5) is 3.19. The summed E-state index contributed by atoms with van der Waals surface area (Å²) in [5.41, 5.74) is 0. The zero-order valence-corrected chi connectivity index (χ0v) is 7.12. The van der Waals surface area contributed by atoms with Crippen molar-refractivity contribution in [3.05, 3.63) is 0 Å². The van der Waals surface area contributed by atoms with E-state index in [2.05, 4.69) is 18.5 Å². The summed E-state index contributed by atoms with van der Waals surface area (Å²) in [6, 6.07) is 1.12. The van der Waals surface area contributed by atoms with Crippen LogP contribution in [-0.2, 0) is 4.43 Å². The highest BCUT2D eigenvalue weighted by atomic mass is 28.4. The van der Waals surface area contributed by atoms with Crippen molar-refractivity contribution < 1.29 is 4.43 Å². The van der Waals surface area contributed by atoms with E-state index in [1.165, 1.54) is 0 Å². The third kappa shape index (κ3) is 1.94. The van der Waals surface area contributed by atoms with Gasteiger partial charge in [-0.3, -0.25) is 0 Å². The van der Waals surface area contributed by atoms with Crippen molar-refractivity contribution >= 4 is 8.48 Å². The Kier molecular flexibility index (Phi) is 3.27. The minimum Gasteiger partial charge on any atom is -0.406 e. The van der Waals surface area contributed by atoms with Gasteiger partial charge >= 0.3 is 0 Å². The van der Waals surface area contributed by atoms with Crippen LogP contribution in [0, 0.1) is 0 Å². The Morgan fingerprint density at radius 3 is 2.12 bits per heavy atom. The Hall–Kier alpha value is 0.137. The predicted octanol–water partition coefficient (Wildman–Crippen LogP) is 0.944. The van der Waals surface area contributed by atoms with Crippen molar-refractivity contribution in [3.63, 3.8) is 0 Å². The molecule has 0 aliphatic carbocycles. The van der Waals surface area contributed by atoms with E-state index in [1.807, 2.05) is 7.05 Å². The SMILES string of the molecule is CC[Si](C)(NC)OC. The summed E-state index contributed by atoms with van der Waals surface area (Å²) in [5.74, 6) is 0. The lowest BCUT2D eigenvalue weighted by Gasteiger charge is -2.21. The molecule has 0 spiro atoms. The average Bonchev–Trinajstić information content (AvgIpc) is 1.87. The molecule has 1 atom stereocenters. The highest BCUT2D eigenvalue weighted by Gasteiger charge is 2.21. The van der Waals surface area contributed by atoms with Crippen molar-refractivity contribution in [1.82, 2.24) is 4.98 Å². The van der Waals surface area contributed by atoms with Crippen LogP contribution in [0.5, 0.6) is 0 Å². The first-order valence-corrected chi connectivity index (χ1v) is 5.54. The van der Waals surface area contributed by atoms with Crippen LogP contribution in [0.2, 0.25) is 12.6 Å². The Bertz CT molecular complexity index is 55.2. The van der Waals surface area contributed by atoms with Gasteiger partial charge in [-0.15, -0.1) is 0 Å². The van der Waals surface area contributed by atoms with Gasteiger partial charge in [-0.05, 0) is 19.6 Å². The Morgan fingerprint density at radius 1 is 1.62 bits per heavy atom. The molecule has 2 nitrogen and oxygen atoms in total. The smallest absolute Gasteiger partial charge is 0.264 e. The molecular weight excluding hydrogens is 118 g/mol. The molecule has 0 rings (SSSR count). The van der Waals surface area contributed by atoms with Gasteiger partial charge in [0.25, 0.3) is 8.48 Å². The lowest BCUT2D eigenvalue weighted by Crippen LogP contribution is -2.46. The fraction of sp³-hybridized carbons (Fsp3) is 1.00. The van der Waals surface area contributed by atoms with Gasteiger partial charge in [0.15, 0.2) is 0 Å². The minimum atomic E-state index is -1.42. The fourth-order valence-electron chi connectivity index (χ4n) is 0.423. The zero-order chi connectivity index (χ0) is 6.62. The summed E-state index contributed by atoms with van der Waals surface area (Å²) in [7, 11) is 2.31. The standard InChI is InChI=1S/C5H15NOSi/c1-5-8(4,6-2)7-3/h6H,5H2,1-4H3. The van der Waals surface area contributed by atoms with E-state index in [9.17, 15) is 0 Å². The quantitative estimate of drug-likeness (QED) is 0.579. The molecule has 0 aliphatic rings. The van der Waals surface area contributed by atoms with Gasteiger partial charge in [0.05, 0.1) is 0 Å². The number of rotatable bonds is 3. The average molecular weight is 133 g/mol. The van der Waals surface area contributed by atoms with Gasteiger partial charge in [0.1, 0.15) is 0 Å². The van der Waals surface area contributed by atoms with Crippen molar-refractivity contribution in [2.75, 3.05) is 14.2 Å². The molecule has 0 aromatic carbocycles. The van der Waals surface area contributed by atoms with Crippen molar-refractivity contribution in [2.45, 2.75) is 19.5 Å². The van der Waals surface area contributed by atoms with E-state index >= 15 is 0 Å². The highest BCUT2D eigenvalue weighted by Crippen LogP contribution is 2.02. The molecule has 1 N–H and O–H groups in total. The molecule has 50 valence electrons. The van der Waals surface area contributed by atoms with Gasteiger partial charge in [-0.2, -0.15) is 0 Å². The van der Waals surface area contributed by atoms with Crippen LogP contribution < -0.4 is 4.98 Å². The normalized spacial score (nSPS) is 18.0. The van der Waals surface area contributed by atoms with E-state index in [1.54, 1.807) is 7.11 Å². The van der Waals surface area contributed by atoms with E-state index in [-0.39, 0.29) is 0 Å². The van der Waals surface area contributed by atoms with Gasteiger partial charge in [-0.25, -0.2) is 0 Å². The number of nitrogens with one attached hydrogen (secondary N) is 1. The molecule has 0 bridgehead atoms. The lowest BCUT2D eigenvalue weighted by atomic mass is 11.0. The van der Waals surface area contributed by atoms with Crippen LogP contribution >= 0.6 is 0 Å². The second-order valence-corrected chi connectivity index (χ2v) is 6.12. The number of hydrogen-bond acceptors (Lipinski definition) is 2. The van der Waals surface area contributed by atoms with Crippen molar-refractivity contribution in [1.29, 1.82) is 0 Å². The summed E-state index contributed by atoms with van der Waals surface area (Å²) in [6.45, 7) is 4.30. The minimum absolute atomic E-state index is 1.12.